The van der Waals surface area contributed by atoms with E-state index in [0.29, 0.717) is 0 Å². The molecule has 276 valence electrons. The maximum Gasteiger partial charge on any atom is 0.340 e. The van der Waals surface area contributed by atoms with E-state index in [2.05, 4.69) is 0 Å². The molecule has 21 nitrogen and oxygen atoms in total. The van der Waals surface area contributed by atoms with Crippen LogP contribution in [0.15, 0.2) is 97.1 Å². The Morgan fingerprint density at radius 2 is 0.722 bits per heavy atom. The van der Waals surface area contributed by atoms with Gasteiger partial charge in [0, 0.05) is 48.5 Å². The number of nitro groups is 4. The van der Waals surface area contributed by atoms with Gasteiger partial charge in [-0.05, 0) is 48.5 Å². The van der Waals surface area contributed by atoms with Crippen molar-refractivity contribution in [3.05, 3.63) is 160 Å². The molecule has 0 aromatic heterocycles. The summed E-state index contributed by atoms with van der Waals surface area (Å²) in [6.07, 6.45) is -7.43. The van der Waals surface area contributed by atoms with E-state index in [9.17, 15) is 59.6 Å². The number of rotatable bonds is 12. The summed E-state index contributed by atoms with van der Waals surface area (Å²) < 4.78 is 27.9. The molecular weight excluding hydrogens is 724 g/mol. The number of carbonyl (C=O) groups is 4. The number of hydrogen-bond donors (Lipinski definition) is 0. The van der Waals surface area contributed by atoms with Crippen molar-refractivity contribution < 1.29 is 62.6 Å². The van der Waals surface area contributed by atoms with Gasteiger partial charge in [-0.3, -0.25) is 40.5 Å². The van der Waals surface area contributed by atoms with Gasteiger partial charge in [-0.2, -0.15) is 0 Å². The Kier molecular flexibility index (Phi) is 11.2. The van der Waals surface area contributed by atoms with E-state index in [-0.39, 0.29) is 45.0 Å². The molecule has 4 aromatic carbocycles. The zero-order chi connectivity index (χ0) is 39.1. The molecule has 0 saturated carbocycles. The molecule has 5 rings (SSSR count). The highest BCUT2D eigenvalue weighted by Gasteiger charge is 2.50. The molecule has 0 N–H and O–H groups in total. The normalized spacial score (nSPS) is 17.6. The highest BCUT2D eigenvalue weighted by Crippen LogP contribution is 2.29. The zero-order valence-corrected chi connectivity index (χ0v) is 27.0. The fourth-order valence-electron chi connectivity index (χ4n) is 4.85. The number of benzene rings is 4. The molecule has 1 heterocycles. The summed E-state index contributed by atoms with van der Waals surface area (Å²) in [5, 5.41) is 44.4. The van der Waals surface area contributed by atoms with Crippen molar-refractivity contribution in [3.63, 3.8) is 0 Å². The number of esters is 4. The van der Waals surface area contributed by atoms with Crippen molar-refractivity contribution >= 4 is 46.6 Å². The van der Waals surface area contributed by atoms with Gasteiger partial charge in [0.15, 0.2) is 12.2 Å². The number of nitrogens with zero attached hydrogens (tertiary/aromatic N) is 4. The second-order valence-corrected chi connectivity index (χ2v) is 11.0. The van der Waals surface area contributed by atoms with Gasteiger partial charge in [-0.25, -0.2) is 19.2 Å². The van der Waals surface area contributed by atoms with E-state index >= 15 is 0 Å². The van der Waals surface area contributed by atoms with Crippen LogP contribution < -0.4 is 0 Å². The summed E-state index contributed by atoms with van der Waals surface area (Å²) in [5.74, 6) is -4.68. The van der Waals surface area contributed by atoms with Crippen LogP contribution in [-0.2, 0) is 23.7 Å². The van der Waals surface area contributed by atoms with Gasteiger partial charge in [-0.1, -0.05) is 0 Å². The molecule has 1 aliphatic heterocycles. The van der Waals surface area contributed by atoms with Crippen LogP contribution in [0, 0.1) is 40.5 Å². The summed E-state index contributed by atoms with van der Waals surface area (Å²) in [4.78, 5) is 94.8. The van der Waals surface area contributed by atoms with Crippen LogP contribution in [0.25, 0.3) is 0 Å². The van der Waals surface area contributed by atoms with Crippen LogP contribution in [0.3, 0.4) is 0 Å². The lowest BCUT2D eigenvalue weighted by molar-refractivity contribution is -0.385. The molecule has 21 heteroatoms. The first-order valence-corrected chi connectivity index (χ1v) is 15.1. The van der Waals surface area contributed by atoms with Crippen LogP contribution in [-0.4, -0.2) is 74.8 Å². The lowest BCUT2D eigenvalue weighted by atomic mass is 10.0. The first kappa shape index (κ1) is 37.6. The molecule has 0 amide bonds. The molecule has 0 spiro atoms. The summed E-state index contributed by atoms with van der Waals surface area (Å²) in [6.45, 7) is -0.694. The first-order valence-electron chi connectivity index (χ1n) is 15.1. The summed E-state index contributed by atoms with van der Waals surface area (Å²) in [5.41, 5.74) is -2.41. The SMILES string of the molecule is O=C(O[C@H]1OC[C@@H](OC(=O)c2ccc([N+](=O)[O-])cc2)[C@H](OC(=O)c2ccc([N+](=O)[O-])cc2)[C@H]1OC(=O)c1ccc([N+](=O)[O-])cc1)c1ccc([N+](=O)[O-])cc1. The number of carbonyl (C=O) groups excluding carboxylic acids is 4. The lowest BCUT2D eigenvalue weighted by Gasteiger charge is -2.40. The van der Waals surface area contributed by atoms with Crippen molar-refractivity contribution in [2.24, 2.45) is 0 Å². The Morgan fingerprint density at radius 3 is 1.04 bits per heavy atom. The summed E-state index contributed by atoms with van der Waals surface area (Å²) in [7, 11) is 0. The van der Waals surface area contributed by atoms with Gasteiger partial charge in [0.05, 0.1) is 48.6 Å². The minimum Gasteiger partial charge on any atom is -0.452 e. The molecule has 4 aromatic rings. The van der Waals surface area contributed by atoms with Crippen LogP contribution in [0.1, 0.15) is 41.4 Å². The average molecular weight is 747 g/mol. The first-order chi connectivity index (χ1) is 25.7. The van der Waals surface area contributed by atoms with Crippen molar-refractivity contribution in [2.75, 3.05) is 6.61 Å². The summed E-state index contributed by atoms with van der Waals surface area (Å²) in [6, 6.07) is 16.4. The molecule has 1 saturated heterocycles. The van der Waals surface area contributed by atoms with Gasteiger partial charge >= 0.3 is 23.9 Å². The Balaban J connectivity index is 1.51. The third kappa shape index (κ3) is 8.78. The topological polar surface area (TPSA) is 287 Å². The maximum atomic E-state index is 13.4. The molecule has 54 heavy (non-hydrogen) atoms. The van der Waals surface area contributed by atoms with E-state index in [4.69, 9.17) is 23.7 Å². The molecule has 0 unspecified atom stereocenters. The monoisotopic (exact) mass is 746 g/mol. The number of hydrogen-bond acceptors (Lipinski definition) is 17. The molecule has 1 fully saturated rings. The number of non-ortho nitro benzene ring substituents is 4. The van der Waals surface area contributed by atoms with Gasteiger partial charge in [0.2, 0.25) is 12.4 Å². The molecule has 1 aliphatic rings. The Morgan fingerprint density at radius 1 is 0.444 bits per heavy atom. The van der Waals surface area contributed by atoms with E-state index in [1.165, 1.54) is 0 Å². The molecule has 0 radical (unpaired) electrons. The minimum atomic E-state index is -1.97. The van der Waals surface area contributed by atoms with Gasteiger partial charge in [-0.15, -0.1) is 0 Å². The molecular formula is C33H22N4O17. The Bertz CT molecular complexity index is 1970. The van der Waals surface area contributed by atoms with Crippen molar-refractivity contribution in [1.29, 1.82) is 0 Å². The van der Waals surface area contributed by atoms with Gasteiger partial charge < -0.3 is 23.7 Å². The quantitative estimate of drug-likeness (QED) is 0.0833. The van der Waals surface area contributed by atoms with Crippen molar-refractivity contribution in [1.82, 2.24) is 0 Å². The van der Waals surface area contributed by atoms with Gasteiger partial charge in [0.25, 0.3) is 22.7 Å². The van der Waals surface area contributed by atoms with Crippen molar-refractivity contribution in [2.45, 2.75) is 24.6 Å². The molecule has 0 aliphatic carbocycles. The number of nitro benzene ring substituents is 4. The molecule has 0 bridgehead atoms. The van der Waals surface area contributed by atoms with E-state index in [0.717, 1.165) is 97.1 Å². The van der Waals surface area contributed by atoms with Crippen LogP contribution in [0.4, 0.5) is 22.7 Å². The lowest BCUT2D eigenvalue weighted by Crippen LogP contribution is -2.58. The third-order valence-electron chi connectivity index (χ3n) is 7.61. The fourth-order valence-corrected chi connectivity index (χ4v) is 4.85. The van der Waals surface area contributed by atoms with Gasteiger partial charge in [0.1, 0.15) is 0 Å². The van der Waals surface area contributed by atoms with Crippen LogP contribution in [0.5, 0.6) is 0 Å². The highest BCUT2D eigenvalue weighted by molar-refractivity contribution is 5.92. The zero-order valence-electron chi connectivity index (χ0n) is 27.0. The van der Waals surface area contributed by atoms with E-state index in [1.54, 1.807) is 0 Å². The van der Waals surface area contributed by atoms with E-state index < -0.39 is 74.8 Å². The second-order valence-electron chi connectivity index (χ2n) is 11.0. The standard InChI is InChI=1S/C33H22N4O17/c38-29(18-1-9-22(10-2-18)34(42)43)51-26-17-50-33(54-32(41)21-7-15-25(16-8-21)37(48)49)28(53-31(40)20-5-13-24(14-6-20)36(46)47)27(26)52-30(39)19-3-11-23(12-4-19)35(44)45/h1-16,26-28,33H,17H2/t26-,27+,28-,33-/m1/s1. The largest absolute Gasteiger partial charge is 0.452 e. The predicted octanol–water partition coefficient (Wildman–Crippen LogP) is 4.51. The summed E-state index contributed by atoms with van der Waals surface area (Å²) >= 11 is 0. The van der Waals surface area contributed by atoms with Crippen molar-refractivity contribution in [3.8, 4) is 0 Å². The van der Waals surface area contributed by atoms with E-state index in [1.807, 2.05) is 0 Å². The Hall–Kier alpha value is -7.68. The predicted molar refractivity (Wildman–Crippen MR) is 175 cm³/mol. The third-order valence-corrected chi connectivity index (χ3v) is 7.61. The Labute approximate surface area is 300 Å². The molecule has 4 atom stereocenters. The minimum absolute atomic E-state index is 0.202. The number of ether oxygens (including phenoxy) is 5. The maximum absolute atomic E-state index is 13.4. The fraction of sp³-hybridized carbons (Fsp3) is 0.152. The highest BCUT2D eigenvalue weighted by atomic mass is 16.7. The second kappa shape index (κ2) is 16.1. The van der Waals surface area contributed by atoms with Crippen LogP contribution in [0.2, 0.25) is 0 Å². The average Bonchev–Trinajstić information content (AvgIpc) is 3.16. The van der Waals surface area contributed by atoms with Crippen LogP contribution >= 0.6 is 0 Å². The smallest absolute Gasteiger partial charge is 0.340 e.